The topological polar surface area (TPSA) is 53.5 Å². The van der Waals surface area contributed by atoms with Gasteiger partial charge in [0.25, 0.3) is 0 Å². The maximum atomic E-state index is 6.09. The molecule has 125 valence electrons. The standard InChI is InChI=1S/C10H6Cl3N6.C4H5.Mn/c11-7-1-14-17(4-7)10(18-5-8(12)2-15-18)19-6-9(13)3-16-19;1-3-4-2;/h1-6H;1,3-4H,2H2;. The van der Waals surface area contributed by atoms with Crippen molar-refractivity contribution in [3.8, 4) is 0 Å². The van der Waals surface area contributed by atoms with Crippen LogP contribution in [0.2, 0.25) is 15.1 Å². The minimum absolute atomic E-state index is 0.108. The number of nitrogens with zero attached hydrogens (tertiary/aromatic N) is 6. The van der Waals surface area contributed by atoms with Crippen molar-refractivity contribution in [2.24, 2.45) is 0 Å². The Morgan fingerprint density at radius 1 is 0.875 bits per heavy atom. The molecule has 6 nitrogen and oxygen atoms in total. The molecule has 3 aromatic heterocycles. The number of aromatic nitrogens is 6. The first-order valence-corrected chi connectivity index (χ1v) is 9.01. The van der Waals surface area contributed by atoms with Gasteiger partial charge in [-0.3, -0.25) is 0 Å². The van der Waals surface area contributed by atoms with Crippen molar-refractivity contribution in [3.05, 3.63) is 76.0 Å². The van der Waals surface area contributed by atoms with Gasteiger partial charge in [-0.25, -0.2) is 0 Å². The van der Waals surface area contributed by atoms with Crippen molar-refractivity contribution in [2.75, 3.05) is 0 Å². The van der Waals surface area contributed by atoms with Crippen LogP contribution in [0.25, 0.3) is 0 Å². The molecule has 0 amide bonds. The Morgan fingerprint density at radius 3 is 1.58 bits per heavy atom. The third-order valence-electron chi connectivity index (χ3n) is 2.95. The first-order chi connectivity index (χ1) is 11.6. The number of hydrogen-bond donors (Lipinski definition) is 0. The third kappa shape index (κ3) is 3.18. The monoisotopic (exact) mass is 423 g/mol. The van der Waals surface area contributed by atoms with E-state index in [1.807, 2.05) is 11.1 Å². The van der Waals surface area contributed by atoms with Gasteiger partial charge in [0.1, 0.15) is 0 Å². The normalized spacial score (nSPS) is 12.1. The van der Waals surface area contributed by atoms with E-state index in [-0.39, 0.29) is 15.0 Å². The molecule has 0 fully saturated rings. The molecular weight excluding hydrogens is 413 g/mol. The van der Waals surface area contributed by atoms with Crippen LogP contribution in [-0.4, -0.2) is 29.3 Å². The number of rotatable bonds is 6. The second kappa shape index (κ2) is 7.17. The molecule has 0 aromatic carbocycles. The van der Waals surface area contributed by atoms with Gasteiger partial charge in [-0.2, -0.15) is 0 Å². The fourth-order valence-electron chi connectivity index (χ4n) is 2.01. The zero-order valence-electron chi connectivity index (χ0n) is 12.1. The SMILES string of the molecule is C=CC=[CH][Mn][C](n1cc(Cl)cn1)(n1cc(Cl)cn1)n1cc(Cl)cn1. The summed E-state index contributed by atoms with van der Waals surface area (Å²) in [6.07, 6.45) is 13.3. The van der Waals surface area contributed by atoms with Gasteiger partial charge in [0, 0.05) is 0 Å². The van der Waals surface area contributed by atoms with Gasteiger partial charge in [0.05, 0.1) is 0 Å². The predicted molar refractivity (Wildman–Crippen MR) is 89.8 cm³/mol. The Hall–Kier alpha value is -1.50. The quantitative estimate of drug-likeness (QED) is 0.448. The van der Waals surface area contributed by atoms with E-state index in [0.717, 1.165) is 0 Å². The minimum atomic E-state index is -0.948. The van der Waals surface area contributed by atoms with E-state index < -0.39 is 4.69 Å². The van der Waals surface area contributed by atoms with E-state index in [1.165, 1.54) is 0 Å². The van der Waals surface area contributed by atoms with Crippen LogP contribution in [0.1, 0.15) is 0 Å². The molecule has 3 rings (SSSR count). The summed E-state index contributed by atoms with van der Waals surface area (Å²) in [7, 11) is 0. The molecule has 0 aliphatic heterocycles. The summed E-state index contributed by atoms with van der Waals surface area (Å²) in [5.41, 5.74) is 0. The molecule has 24 heavy (non-hydrogen) atoms. The first-order valence-electron chi connectivity index (χ1n) is 6.60. The summed E-state index contributed by atoms with van der Waals surface area (Å²) in [5.74, 6) is 0. The van der Waals surface area contributed by atoms with Crippen LogP contribution < -0.4 is 0 Å². The Bertz CT molecular complexity index is 782. The Kier molecular flexibility index (Phi) is 5.18. The zero-order valence-corrected chi connectivity index (χ0v) is 15.5. The molecule has 0 aliphatic carbocycles. The van der Waals surface area contributed by atoms with Crippen LogP contribution in [0.3, 0.4) is 0 Å². The molecule has 3 aromatic rings. The second-order valence-electron chi connectivity index (χ2n) is 4.53. The van der Waals surface area contributed by atoms with Crippen molar-refractivity contribution < 1.29 is 15.0 Å². The summed E-state index contributed by atoms with van der Waals surface area (Å²) in [6, 6.07) is 0. The number of allylic oxidation sites excluding steroid dienone is 2. The van der Waals surface area contributed by atoms with Gasteiger partial charge in [-0.15, -0.1) is 0 Å². The number of halogens is 3. The van der Waals surface area contributed by atoms with Crippen LogP contribution in [0.4, 0.5) is 0 Å². The van der Waals surface area contributed by atoms with Crippen molar-refractivity contribution in [1.82, 2.24) is 29.3 Å². The molecule has 0 aliphatic rings. The molecule has 0 radical (unpaired) electrons. The predicted octanol–water partition coefficient (Wildman–Crippen LogP) is 3.68. The summed E-state index contributed by atoms with van der Waals surface area (Å²) >= 11 is 18.4. The van der Waals surface area contributed by atoms with Crippen molar-refractivity contribution in [3.63, 3.8) is 0 Å². The molecule has 0 saturated carbocycles. The molecule has 3 heterocycles. The van der Waals surface area contributed by atoms with Crippen LogP contribution in [0.5, 0.6) is 0 Å². The van der Waals surface area contributed by atoms with Crippen LogP contribution in [-0.2, 0) is 19.6 Å². The Morgan fingerprint density at radius 2 is 1.29 bits per heavy atom. The fraction of sp³-hybridized carbons (Fsp3) is 0.0714. The molecule has 0 spiro atoms. The molecular formula is C14H11Cl3MnN6. The molecule has 0 bridgehead atoms. The Balaban J connectivity index is 2.26. The van der Waals surface area contributed by atoms with Crippen molar-refractivity contribution >= 4 is 34.8 Å². The second-order valence-corrected chi connectivity index (χ2v) is 7.36. The maximum absolute atomic E-state index is 6.09. The average Bonchev–Trinajstić information content (AvgIpc) is 3.27. The van der Waals surface area contributed by atoms with Gasteiger partial charge in [0.2, 0.25) is 0 Å². The van der Waals surface area contributed by atoms with Crippen LogP contribution in [0, 0.1) is 0 Å². The molecule has 0 saturated heterocycles. The van der Waals surface area contributed by atoms with E-state index in [4.69, 9.17) is 34.8 Å². The molecule has 0 unspecified atom stereocenters. The van der Waals surface area contributed by atoms with Crippen LogP contribution in [0.15, 0.2) is 60.9 Å². The van der Waals surface area contributed by atoms with Gasteiger partial charge in [0.15, 0.2) is 0 Å². The van der Waals surface area contributed by atoms with Gasteiger partial charge in [-0.05, 0) is 0 Å². The summed E-state index contributed by atoms with van der Waals surface area (Å²) in [5, 5.41) is 14.6. The third-order valence-corrected chi connectivity index (χ3v) is 5.22. The summed E-state index contributed by atoms with van der Waals surface area (Å²) < 4.78 is 4.08. The van der Waals surface area contributed by atoms with E-state index in [2.05, 4.69) is 21.9 Å². The van der Waals surface area contributed by atoms with Crippen LogP contribution >= 0.6 is 34.8 Å². The molecule has 10 heteroatoms. The Labute approximate surface area is 159 Å². The molecule has 0 atom stereocenters. The zero-order chi connectivity index (χ0) is 17.2. The fourth-order valence-corrected chi connectivity index (χ4v) is 3.85. The van der Waals surface area contributed by atoms with Crippen molar-refractivity contribution in [2.45, 2.75) is 4.69 Å². The first kappa shape index (κ1) is 17.3. The number of hydrogen-bond acceptors (Lipinski definition) is 3. The van der Waals surface area contributed by atoms with Gasteiger partial charge >= 0.3 is 160 Å². The van der Waals surface area contributed by atoms with E-state index in [9.17, 15) is 0 Å². The van der Waals surface area contributed by atoms with E-state index >= 15 is 0 Å². The average molecular weight is 425 g/mol. The summed E-state index contributed by atoms with van der Waals surface area (Å²) in [4.78, 5) is 1.96. The van der Waals surface area contributed by atoms with Crippen molar-refractivity contribution in [1.29, 1.82) is 0 Å². The van der Waals surface area contributed by atoms with Gasteiger partial charge < -0.3 is 0 Å². The van der Waals surface area contributed by atoms with E-state index in [1.54, 1.807) is 57.3 Å². The molecule has 0 N–H and O–H groups in total. The van der Waals surface area contributed by atoms with E-state index in [0.29, 0.717) is 15.1 Å². The summed E-state index contributed by atoms with van der Waals surface area (Å²) in [6.45, 7) is 3.70. The van der Waals surface area contributed by atoms with Gasteiger partial charge in [-0.1, -0.05) is 0 Å².